The standard InChI is InChI=1S/C14H21ClN2O3/c1-14(2,3)20-13(19)17-11-8-9(15)4-5-10(11)12(18)6-7-16/h4-5,8,12,18H,6-7,16H2,1-3H3,(H,17,19)/t12-/m1/s1. The molecule has 0 aliphatic carbocycles. The Bertz CT molecular complexity index is 472. The van der Waals surface area contributed by atoms with Gasteiger partial charge in [-0.05, 0) is 45.9 Å². The summed E-state index contributed by atoms with van der Waals surface area (Å²) in [6.07, 6.45) is -0.965. The highest BCUT2D eigenvalue weighted by molar-refractivity contribution is 6.31. The molecule has 0 fully saturated rings. The molecule has 20 heavy (non-hydrogen) atoms. The van der Waals surface area contributed by atoms with E-state index in [1.807, 2.05) is 0 Å². The topological polar surface area (TPSA) is 84.6 Å². The maximum atomic E-state index is 11.8. The quantitative estimate of drug-likeness (QED) is 0.798. The fourth-order valence-corrected chi connectivity index (χ4v) is 1.83. The van der Waals surface area contributed by atoms with Crippen LogP contribution in [0.15, 0.2) is 18.2 Å². The molecule has 0 saturated heterocycles. The van der Waals surface area contributed by atoms with Gasteiger partial charge < -0.3 is 15.6 Å². The second kappa shape index (κ2) is 6.92. The third-order valence-electron chi connectivity index (χ3n) is 2.45. The van der Waals surface area contributed by atoms with Crippen molar-refractivity contribution in [1.29, 1.82) is 0 Å². The summed E-state index contributed by atoms with van der Waals surface area (Å²) >= 11 is 5.92. The number of rotatable bonds is 4. The maximum absolute atomic E-state index is 11.8. The van der Waals surface area contributed by atoms with Crippen LogP contribution in [0.3, 0.4) is 0 Å². The molecule has 1 amide bonds. The van der Waals surface area contributed by atoms with E-state index in [-0.39, 0.29) is 0 Å². The molecule has 5 nitrogen and oxygen atoms in total. The summed E-state index contributed by atoms with van der Waals surface area (Å²) < 4.78 is 5.18. The number of nitrogens with one attached hydrogen (secondary N) is 1. The van der Waals surface area contributed by atoms with Gasteiger partial charge in [0.05, 0.1) is 11.8 Å². The molecule has 0 aliphatic rings. The SMILES string of the molecule is CC(C)(C)OC(=O)Nc1cc(Cl)ccc1[C@H](O)CCN. The van der Waals surface area contributed by atoms with Gasteiger partial charge in [0.1, 0.15) is 5.60 Å². The van der Waals surface area contributed by atoms with E-state index in [0.29, 0.717) is 29.2 Å². The van der Waals surface area contributed by atoms with E-state index in [0.717, 1.165) is 0 Å². The van der Waals surface area contributed by atoms with Gasteiger partial charge in [0.15, 0.2) is 0 Å². The van der Waals surface area contributed by atoms with E-state index < -0.39 is 17.8 Å². The predicted octanol–water partition coefficient (Wildman–Crippen LogP) is 3.07. The Balaban J connectivity index is 2.92. The van der Waals surface area contributed by atoms with Crippen LogP contribution in [0.1, 0.15) is 38.9 Å². The Morgan fingerprint density at radius 2 is 2.15 bits per heavy atom. The van der Waals surface area contributed by atoms with Gasteiger partial charge in [0, 0.05) is 10.6 Å². The molecule has 0 aliphatic heterocycles. The predicted molar refractivity (Wildman–Crippen MR) is 79.9 cm³/mol. The number of ether oxygens (including phenoxy) is 1. The summed E-state index contributed by atoms with van der Waals surface area (Å²) in [6.45, 7) is 5.66. The molecule has 0 radical (unpaired) electrons. The van der Waals surface area contributed by atoms with E-state index in [9.17, 15) is 9.90 Å². The van der Waals surface area contributed by atoms with Crippen molar-refractivity contribution in [3.63, 3.8) is 0 Å². The van der Waals surface area contributed by atoms with Crippen LogP contribution in [0.2, 0.25) is 5.02 Å². The summed E-state index contributed by atoms with van der Waals surface area (Å²) in [5, 5.41) is 13.1. The van der Waals surface area contributed by atoms with Gasteiger partial charge in [0.2, 0.25) is 0 Å². The summed E-state index contributed by atoms with van der Waals surface area (Å²) in [6, 6.07) is 4.88. The van der Waals surface area contributed by atoms with Crippen LogP contribution in [0.25, 0.3) is 0 Å². The Kier molecular flexibility index (Phi) is 5.80. The zero-order valence-corrected chi connectivity index (χ0v) is 12.7. The third-order valence-corrected chi connectivity index (χ3v) is 2.69. The summed E-state index contributed by atoms with van der Waals surface area (Å²) in [4.78, 5) is 11.8. The fraction of sp³-hybridized carbons (Fsp3) is 0.500. The number of hydrogen-bond acceptors (Lipinski definition) is 4. The molecule has 1 aromatic rings. The number of anilines is 1. The van der Waals surface area contributed by atoms with Crippen LogP contribution < -0.4 is 11.1 Å². The lowest BCUT2D eigenvalue weighted by atomic mass is 10.0. The van der Waals surface area contributed by atoms with Crippen molar-refractivity contribution < 1.29 is 14.6 Å². The van der Waals surface area contributed by atoms with Gasteiger partial charge in [-0.2, -0.15) is 0 Å². The molecule has 0 bridgehead atoms. The van der Waals surface area contributed by atoms with Crippen molar-refractivity contribution in [1.82, 2.24) is 0 Å². The van der Waals surface area contributed by atoms with Gasteiger partial charge >= 0.3 is 6.09 Å². The summed E-state index contributed by atoms with van der Waals surface area (Å²) in [5.41, 5.74) is 5.82. The molecule has 0 spiro atoms. The third kappa shape index (κ3) is 5.36. The number of halogens is 1. The van der Waals surface area contributed by atoms with Crippen molar-refractivity contribution >= 4 is 23.4 Å². The van der Waals surface area contributed by atoms with Gasteiger partial charge in [-0.3, -0.25) is 5.32 Å². The van der Waals surface area contributed by atoms with Gasteiger partial charge in [0.25, 0.3) is 0 Å². The Hall–Kier alpha value is -1.30. The number of amides is 1. The van der Waals surface area contributed by atoms with Crippen LogP contribution >= 0.6 is 11.6 Å². The molecule has 1 atom stereocenters. The van der Waals surface area contributed by atoms with Crippen molar-refractivity contribution in [3.8, 4) is 0 Å². The van der Waals surface area contributed by atoms with Crippen LogP contribution in [-0.2, 0) is 4.74 Å². The van der Waals surface area contributed by atoms with Crippen LogP contribution in [0.5, 0.6) is 0 Å². The van der Waals surface area contributed by atoms with E-state index in [1.165, 1.54) is 0 Å². The van der Waals surface area contributed by atoms with Crippen LogP contribution in [0.4, 0.5) is 10.5 Å². The second-order valence-electron chi connectivity index (χ2n) is 5.45. The fourth-order valence-electron chi connectivity index (χ4n) is 1.65. The van der Waals surface area contributed by atoms with E-state index >= 15 is 0 Å². The molecule has 0 saturated carbocycles. The zero-order valence-electron chi connectivity index (χ0n) is 11.9. The Morgan fingerprint density at radius 1 is 1.50 bits per heavy atom. The zero-order chi connectivity index (χ0) is 15.3. The van der Waals surface area contributed by atoms with Crippen molar-refractivity contribution in [3.05, 3.63) is 28.8 Å². The van der Waals surface area contributed by atoms with Crippen LogP contribution in [-0.4, -0.2) is 23.3 Å². The lowest BCUT2D eigenvalue weighted by Crippen LogP contribution is -2.27. The minimum atomic E-state index is -0.762. The van der Waals surface area contributed by atoms with Crippen molar-refractivity contribution in [2.24, 2.45) is 5.73 Å². The normalized spacial score (nSPS) is 12.9. The highest BCUT2D eigenvalue weighted by Crippen LogP contribution is 2.28. The molecular formula is C14H21ClN2O3. The summed E-state index contributed by atoms with van der Waals surface area (Å²) in [5.74, 6) is 0. The van der Waals surface area contributed by atoms with E-state index in [2.05, 4.69) is 5.32 Å². The first-order valence-electron chi connectivity index (χ1n) is 6.40. The largest absolute Gasteiger partial charge is 0.444 e. The average Bonchev–Trinajstić information content (AvgIpc) is 2.26. The molecule has 112 valence electrons. The lowest BCUT2D eigenvalue weighted by Gasteiger charge is -2.21. The minimum Gasteiger partial charge on any atom is -0.444 e. The molecular weight excluding hydrogens is 280 g/mol. The lowest BCUT2D eigenvalue weighted by molar-refractivity contribution is 0.0635. The molecule has 0 unspecified atom stereocenters. The van der Waals surface area contributed by atoms with Crippen molar-refractivity contribution in [2.75, 3.05) is 11.9 Å². The molecule has 0 heterocycles. The van der Waals surface area contributed by atoms with E-state index in [1.54, 1.807) is 39.0 Å². The monoisotopic (exact) mass is 300 g/mol. The number of aliphatic hydroxyl groups excluding tert-OH is 1. The molecule has 0 aromatic heterocycles. The van der Waals surface area contributed by atoms with Gasteiger partial charge in [-0.25, -0.2) is 4.79 Å². The number of aliphatic hydroxyl groups is 1. The average molecular weight is 301 g/mol. The van der Waals surface area contributed by atoms with E-state index in [4.69, 9.17) is 22.1 Å². The van der Waals surface area contributed by atoms with Crippen molar-refractivity contribution in [2.45, 2.75) is 38.9 Å². The smallest absolute Gasteiger partial charge is 0.412 e. The number of benzene rings is 1. The molecule has 6 heteroatoms. The maximum Gasteiger partial charge on any atom is 0.412 e. The number of carbonyl (C=O) groups excluding carboxylic acids is 1. The molecule has 1 rings (SSSR count). The highest BCUT2D eigenvalue weighted by Gasteiger charge is 2.19. The summed E-state index contributed by atoms with van der Waals surface area (Å²) in [7, 11) is 0. The molecule has 4 N–H and O–H groups in total. The number of nitrogens with two attached hydrogens (primary N) is 1. The first-order chi connectivity index (χ1) is 9.23. The van der Waals surface area contributed by atoms with Gasteiger partial charge in [-0.15, -0.1) is 0 Å². The minimum absolute atomic E-state index is 0.343. The Morgan fingerprint density at radius 3 is 2.70 bits per heavy atom. The second-order valence-corrected chi connectivity index (χ2v) is 5.89. The highest BCUT2D eigenvalue weighted by atomic mass is 35.5. The first-order valence-corrected chi connectivity index (χ1v) is 6.78. The Labute approximate surface area is 124 Å². The van der Waals surface area contributed by atoms with Crippen LogP contribution in [0, 0.1) is 0 Å². The number of hydrogen-bond donors (Lipinski definition) is 3. The molecule has 1 aromatic carbocycles. The number of carbonyl (C=O) groups is 1. The first kappa shape index (κ1) is 16.8. The van der Waals surface area contributed by atoms with Gasteiger partial charge in [-0.1, -0.05) is 17.7 Å².